The van der Waals surface area contributed by atoms with Gasteiger partial charge in [0.15, 0.2) is 0 Å². The van der Waals surface area contributed by atoms with Crippen molar-refractivity contribution in [2.45, 2.75) is 12.1 Å². The molecular formula is C15H19N3O4. The van der Waals surface area contributed by atoms with Gasteiger partial charge in [-0.2, -0.15) is 0 Å². The quantitative estimate of drug-likeness (QED) is 0.755. The van der Waals surface area contributed by atoms with Crippen LogP contribution in [-0.2, 0) is 14.3 Å². The highest BCUT2D eigenvalue weighted by Crippen LogP contribution is 2.39. The van der Waals surface area contributed by atoms with E-state index in [-0.39, 0.29) is 30.2 Å². The van der Waals surface area contributed by atoms with Crippen LogP contribution in [0.15, 0.2) is 24.3 Å². The maximum absolute atomic E-state index is 12.6. The van der Waals surface area contributed by atoms with Gasteiger partial charge in [0.2, 0.25) is 11.8 Å². The van der Waals surface area contributed by atoms with Gasteiger partial charge in [0.1, 0.15) is 11.8 Å². The van der Waals surface area contributed by atoms with E-state index in [2.05, 4.69) is 5.43 Å². The van der Waals surface area contributed by atoms with Gasteiger partial charge in [0.25, 0.3) is 0 Å². The summed E-state index contributed by atoms with van der Waals surface area (Å²) in [5, 5.41) is 11.1. The van der Waals surface area contributed by atoms with Crippen molar-refractivity contribution in [2.24, 2.45) is 5.92 Å². The summed E-state index contributed by atoms with van der Waals surface area (Å²) < 4.78 is 4.97. The molecule has 3 unspecified atom stereocenters. The Kier molecular flexibility index (Phi) is 3.86. The van der Waals surface area contributed by atoms with E-state index in [0.29, 0.717) is 6.61 Å². The fraction of sp³-hybridized carbons (Fsp3) is 0.467. The van der Waals surface area contributed by atoms with E-state index < -0.39 is 12.0 Å². The topological polar surface area (TPSA) is 82.1 Å². The van der Waals surface area contributed by atoms with Crippen molar-refractivity contribution in [1.29, 1.82) is 0 Å². The highest BCUT2D eigenvalue weighted by atomic mass is 16.5. The molecule has 3 atom stereocenters. The number of nitrogens with zero attached hydrogens (tertiary/aromatic N) is 2. The number of hydrogen-bond donors (Lipinski definition) is 2. The lowest BCUT2D eigenvalue weighted by molar-refractivity contribution is -0.142. The maximum atomic E-state index is 12.6. The lowest BCUT2D eigenvalue weighted by Gasteiger charge is -2.22. The van der Waals surface area contributed by atoms with Gasteiger partial charge in [0.05, 0.1) is 25.1 Å². The van der Waals surface area contributed by atoms with E-state index in [1.54, 1.807) is 43.4 Å². The molecule has 2 aliphatic heterocycles. The number of amides is 2. The summed E-state index contributed by atoms with van der Waals surface area (Å²) in [6, 6.07) is 5.91. The van der Waals surface area contributed by atoms with Gasteiger partial charge in [0, 0.05) is 14.2 Å². The van der Waals surface area contributed by atoms with E-state index in [9.17, 15) is 14.7 Å². The third-order valence-electron chi connectivity index (χ3n) is 4.30. The number of imide groups is 1. The fourth-order valence-corrected chi connectivity index (χ4v) is 3.21. The van der Waals surface area contributed by atoms with Gasteiger partial charge in [-0.1, -0.05) is 12.1 Å². The summed E-state index contributed by atoms with van der Waals surface area (Å²) >= 11 is 0. The van der Waals surface area contributed by atoms with Crippen molar-refractivity contribution in [3.05, 3.63) is 29.8 Å². The second-order valence-electron chi connectivity index (χ2n) is 5.60. The Morgan fingerprint density at radius 3 is 2.55 bits per heavy atom. The molecule has 0 radical (unpaired) electrons. The predicted molar refractivity (Wildman–Crippen MR) is 77.6 cm³/mol. The highest BCUT2D eigenvalue weighted by molar-refractivity contribution is 6.07. The summed E-state index contributed by atoms with van der Waals surface area (Å²) in [5.41, 5.74) is 4.05. The van der Waals surface area contributed by atoms with E-state index in [1.807, 2.05) is 0 Å². The van der Waals surface area contributed by atoms with Crippen LogP contribution in [0.2, 0.25) is 0 Å². The number of carbonyl (C=O) groups excluding carboxylic acids is 2. The number of likely N-dealkylation sites (N-methyl/N-ethyl adjacent to an activating group) is 1. The lowest BCUT2D eigenvalue weighted by Crippen LogP contribution is -2.43. The third kappa shape index (κ3) is 2.27. The zero-order chi connectivity index (χ0) is 15.9. The number of aromatic hydroxyl groups is 1. The molecule has 118 valence electrons. The van der Waals surface area contributed by atoms with Crippen LogP contribution in [0.4, 0.5) is 0 Å². The van der Waals surface area contributed by atoms with Crippen molar-refractivity contribution >= 4 is 11.8 Å². The first kappa shape index (κ1) is 15.0. The first-order chi connectivity index (χ1) is 10.5. The van der Waals surface area contributed by atoms with Gasteiger partial charge in [-0.3, -0.25) is 14.5 Å². The molecule has 1 aromatic rings. The Morgan fingerprint density at radius 1 is 1.23 bits per heavy atom. The Bertz CT molecular complexity index is 589. The van der Waals surface area contributed by atoms with E-state index in [4.69, 9.17) is 4.74 Å². The molecule has 0 spiro atoms. The maximum Gasteiger partial charge on any atom is 0.248 e. The van der Waals surface area contributed by atoms with Crippen LogP contribution in [0.5, 0.6) is 5.75 Å². The average Bonchev–Trinajstić information content (AvgIpc) is 2.96. The van der Waals surface area contributed by atoms with Crippen molar-refractivity contribution in [2.75, 3.05) is 27.3 Å². The van der Waals surface area contributed by atoms with Crippen LogP contribution in [0.25, 0.3) is 0 Å². The highest BCUT2D eigenvalue weighted by Gasteiger charge is 2.57. The van der Waals surface area contributed by atoms with Gasteiger partial charge in [-0.25, -0.2) is 10.4 Å². The van der Waals surface area contributed by atoms with E-state index in [1.165, 1.54) is 4.90 Å². The molecule has 2 heterocycles. The molecule has 0 bridgehead atoms. The number of hydrazine groups is 1. The summed E-state index contributed by atoms with van der Waals surface area (Å²) in [6.45, 7) is 0.606. The number of phenols is 1. The molecule has 2 N–H and O–H groups in total. The first-order valence-corrected chi connectivity index (χ1v) is 7.16. The number of methoxy groups -OCH3 is 1. The largest absolute Gasteiger partial charge is 0.508 e. The molecule has 2 aliphatic rings. The summed E-state index contributed by atoms with van der Waals surface area (Å²) in [6.07, 6.45) is 0. The molecule has 2 saturated heterocycles. The number of fused-ring (bicyclic) bond motifs is 1. The predicted octanol–water partition coefficient (Wildman–Crippen LogP) is -0.117. The number of benzene rings is 1. The number of hydrogen-bond acceptors (Lipinski definition) is 6. The molecule has 7 heteroatoms. The summed E-state index contributed by atoms with van der Waals surface area (Å²) in [7, 11) is 3.31. The molecule has 2 fully saturated rings. The Morgan fingerprint density at radius 2 is 1.91 bits per heavy atom. The van der Waals surface area contributed by atoms with Crippen molar-refractivity contribution < 1.29 is 19.4 Å². The SMILES string of the molecule is COCCN1C(=O)C2C(c3ccc(O)cc3)NN(C)C2C1=O. The van der Waals surface area contributed by atoms with Crippen LogP contribution in [-0.4, -0.2) is 60.2 Å². The van der Waals surface area contributed by atoms with Crippen LogP contribution in [0.1, 0.15) is 11.6 Å². The normalized spacial score (nSPS) is 28.5. The average molecular weight is 305 g/mol. The zero-order valence-electron chi connectivity index (χ0n) is 12.5. The number of carbonyl (C=O) groups is 2. The first-order valence-electron chi connectivity index (χ1n) is 7.16. The fourth-order valence-electron chi connectivity index (χ4n) is 3.21. The van der Waals surface area contributed by atoms with Gasteiger partial charge in [-0.15, -0.1) is 0 Å². The smallest absolute Gasteiger partial charge is 0.248 e. The minimum Gasteiger partial charge on any atom is -0.508 e. The number of likely N-dealkylation sites (tertiary alicyclic amines) is 1. The van der Waals surface area contributed by atoms with Crippen LogP contribution in [0.3, 0.4) is 0 Å². The zero-order valence-corrected chi connectivity index (χ0v) is 12.5. The summed E-state index contributed by atoms with van der Waals surface area (Å²) in [5.74, 6) is -0.661. The van der Waals surface area contributed by atoms with Crippen LogP contribution in [0, 0.1) is 5.92 Å². The number of phenolic OH excluding ortho intramolecular Hbond substituents is 1. The molecule has 0 aromatic heterocycles. The van der Waals surface area contributed by atoms with Gasteiger partial charge >= 0.3 is 0 Å². The minimum atomic E-state index is -0.497. The van der Waals surface area contributed by atoms with E-state index >= 15 is 0 Å². The molecule has 22 heavy (non-hydrogen) atoms. The van der Waals surface area contributed by atoms with Crippen molar-refractivity contribution in [3.63, 3.8) is 0 Å². The van der Waals surface area contributed by atoms with E-state index in [0.717, 1.165) is 5.56 Å². The molecule has 7 nitrogen and oxygen atoms in total. The molecule has 0 aliphatic carbocycles. The molecule has 0 saturated carbocycles. The van der Waals surface area contributed by atoms with Crippen molar-refractivity contribution in [3.8, 4) is 5.75 Å². The Balaban J connectivity index is 1.89. The number of rotatable bonds is 4. The standard InChI is InChI=1S/C15H19N3O4/c1-17-13-11(14(20)18(15(13)21)7-8-22-2)12(16-17)9-3-5-10(19)6-4-9/h3-6,11-13,16,19H,7-8H2,1-2H3. The molecule has 1 aromatic carbocycles. The molecular weight excluding hydrogens is 286 g/mol. The van der Waals surface area contributed by atoms with Gasteiger partial charge < -0.3 is 9.84 Å². The van der Waals surface area contributed by atoms with Gasteiger partial charge in [-0.05, 0) is 17.7 Å². The lowest BCUT2D eigenvalue weighted by atomic mass is 9.91. The minimum absolute atomic E-state index is 0.169. The monoisotopic (exact) mass is 305 g/mol. The van der Waals surface area contributed by atoms with Crippen LogP contribution >= 0.6 is 0 Å². The Labute approximate surface area is 128 Å². The molecule has 3 rings (SSSR count). The second kappa shape index (κ2) is 5.68. The van der Waals surface area contributed by atoms with Crippen molar-refractivity contribution in [1.82, 2.24) is 15.3 Å². The third-order valence-corrected chi connectivity index (χ3v) is 4.30. The summed E-state index contributed by atoms with van der Waals surface area (Å²) in [4.78, 5) is 26.4. The number of nitrogens with one attached hydrogen (secondary N) is 1. The Hall–Kier alpha value is -1.96. The second-order valence-corrected chi connectivity index (χ2v) is 5.60. The number of ether oxygens (including phenoxy) is 1. The van der Waals surface area contributed by atoms with Crippen LogP contribution < -0.4 is 5.43 Å². The molecule has 2 amide bonds.